The largest absolute Gasteiger partial charge is 0.313 e. The van der Waals surface area contributed by atoms with Gasteiger partial charge in [0.2, 0.25) is 0 Å². The average Bonchev–Trinajstić information content (AvgIpc) is 2.93. The number of nitrogens with zero attached hydrogens (tertiary/aromatic N) is 1. The van der Waals surface area contributed by atoms with Gasteiger partial charge in [-0.05, 0) is 41.8 Å². The summed E-state index contributed by atoms with van der Waals surface area (Å²) >= 11 is 3.50. The summed E-state index contributed by atoms with van der Waals surface area (Å²) in [6.07, 6.45) is 0.949. The maximum absolute atomic E-state index is 10.2. The van der Waals surface area contributed by atoms with Gasteiger partial charge < -0.3 is 5.21 Å². The Labute approximate surface area is 103 Å². The quantitative estimate of drug-likeness (QED) is 0.840. The molecule has 1 aliphatic heterocycles. The van der Waals surface area contributed by atoms with E-state index < -0.39 is 0 Å². The Hall–Kier alpha value is -0.680. The molecule has 0 saturated carbocycles. The van der Waals surface area contributed by atoms with Crippen molar-refractivity contribution in [3.63, 3.8) is 0 Å². The van der Waals surface area contributed by atoms with E-state index in [9.17, 15) is 5.21 Å². The highest BCUT2D eigenvalue weighted by Crippen LogP contribution is 2.43. The van der Waals surface area contributed by atoms with Crippen LogP contribution in [-0.4, -0.2) is 16.8 Å². The van der Waals surface area contributed by atoms with Crippen LogP contribution < -0.4 is 0 Å². The number of thiophene rings is 2. The maximum Gasteiger partial charge on any atom is 0.103 e. The van der Waals surface area contributed by atoms with E-state index in [1.807, 2.05) is 6.07 Å². The molecule has 3 heterocycles. The van der Waals surface area contributed by atoms with E-state index >= 15 is 0 Å². The summed E-state index contributed by atoms with van der Waals surface area (Å²) < 4.78 is 0. The first-order chi connectivity index (χ1) is 7.73. The Balaban J connectivity index is 2.20. The van der Waals surface area contributed by atoms with Crippen LogP contribution in [0.1, 0.15) is 22.2 Å². The van der Waals surface area contributed by atoms with Gasteiger partial charge in [-0.1, -0.05) is 6.07 Å². The number of hydrogen-bond acceptors (Lipinski definition) is 4. The molecule has 1 N–H and O–H groups in total. The van der Waals surface area contributed by atoms with Crippen molar-refractivity contribution in [2.75, 3.05) is 6.54 Å². The van der Waals surface area contributed by atoms with E-state index in [1.54, 1.807) is 22.7 Å². The zero-order valence-corrected chi connectivity index (χ0v) is 10.6. The lowest BCUT2D eigenvalue weighted by atomic mass is 9.86. The van der Waals surface area contributed by atoms with Crippen molar-refractivity contribution >= 4 is 22.7 Å². The molecule has 0 aliphatic carbocycles. The molecule has 3 rings (SSSR count). The third-order valence-corrected chi connectivity index (χ3v) is 5.40. The van der Waals surface area contributed by atoms with E-state index in [0.29, 0.717) is 6.54 Å². The van der Waals surface area contributed by atoms with Crippen LogP contribution in [0.15, 0.2) is 29.0 Å². The van der Waals surface area contributed by atoms with Gasteiger partial charge in [-0.3, -0.25) is 0 Å². The van der Waals surface area contributed by atoms with Crippen LogP contribution in [0.4, 0.5) is 0 Å². The lowest BCUT2D eigenvalue weighted by Gasteiger charge is -2.40. The molecule has 1 atom stereocenters. The van der Waals surface area contributed by atoms with Gasteiger partial charge in [0.05, 0.1) is 0 Å². The molecule has 0 radical (unpaired) electrons. The molecule has 0 fully saturated rings. The van der Waals surface area contributed by atoms with E-state index in [4.69, 9.17) is 0 Å². The smallest absolute Gasteiger partial charge is 0.103 e. The number of rotatable bonds is 1. The van der Waals surface area contributed by atoms with Crippen molar-refractivity contribution in [2.45, 2.75) is 18.9 Å². The summed E-state index contributed by atoms with van der Waals surface area (Å²) in [5.74, 6) is 0. The molecule has 1 aliphatic rings. The first-order valence-electron chi connectivity index (χ1n) is 5.30. The molecule has 2 nitrogen and oxygen atoms in total. The van der Waals surface area contributed by atoms with Gasteiger partial charge in [-0.25, -0.2) is 0 Å². The molecule has 0 amide bonds. The Kier molecular flexibility index (Phi) is 2.40. The van der Waals surface area contributed by atoms with Crippen LogP contribution >= 0.6 is 22.7 Å². The van der Waals surface area contributed by atoms with Gasteiger partial charge >= 0.3 is 0 Å². The van der Waals surface area contributed by atoms with E-state index in [-0.39, 0.29) is 5.54 Å². The van der Waals surface area contributed by atoms with Crippen LogP contribution in [0, 0.1) is 0 Å². The number of fused-ring (bicyclic) bond motifs is 1. The van der Waals surface area contributed by atoms with Gasteiger partial charge in [-0.15, -0.1) is 22.7 Å². The molecule has 1 unspecified atom stereocenters. The van der Waals surface area contributed by atoms with Crippen molar-refractivity contribution in [1.29, 1.82) is 0 Å². The van der Waals surface area contributed by atoms with E-state index in [0.717, 1.165) is 6.42 Å². The van der Waals surface area contributed by atoms with Gasteiger partial charge in [-0.2, -0.15) is 5.06 Å². The second kappa shape index (κ2) is 3.67. The van der Waals surface area contributed by atoms with Crippen LogP contribution in [0.25, 0.3) is 0 Å². The highest BCUT2D eigenvalue weighted by Gasteiger charge is 2.41. The van der Waals surface area contributed by atoms with E-state index in [2.05, 4.69) is 29.8 Å². The Morgan fingerprint density at radius 2 is 2.19 bits per heavy atom. The SMILES string of the molecule is CC1(c2cccs2)c2ccsc2CCN1O. The third-order valence-electron chi connectivity index (χ3n) is 3.34. The molecule has 0 spiro atoms. The standard InChI is InChI=1S/C12H13NOS2/c1-12(11-3-2-7-16-11)9-5-8-15-10(9)4-6-13(12)14/h2-3,5,7-8,14H,4,6H2,1H3. The highest BCUT2D eigenvalue weighted by atomic mass is 32.1. The lowest BCUT2D eigenvalue weighted by molar-refractivity contribution is -0.160. The number of hydrogen-bond donors (Lipinski definition) is 1. The normalized spacial score (nSPS) is 25.6. The first kappa shape index (κ1) is 10.5. The van der Waals surface area contributed by atoms with Gasteiger partial charge in [0, 0.05) is 16.3 Å². The highest BCUT2D eigenvalue weighted by molar-refractivity contribution is 7.10. The van der Waals surface area contributed by atoms with Gasteiger partial charge in [0.1, 0.15) is 5.54 Å². The summed E-state index contributed by atoms with van der Waals surface area (Å²) in [6.45, 7) is 2.81. The minimum atomic E-state index is -0.359. The summed E-state index contributed by atoms with van der Waals surface area (Å²) in [5, 5.41) is 15.9. The second-order valence-corrected chi connectivity index (χ2v) is 6.13. The minimum absolute atomic E-state index is 0.359. The molecule has 0 aromatic carbocycles. The Morgan fingerprint density at radius 3 is 2.94 bits per heavy atom. The van der Waals surface area contributed by atoms with Gasteiger partial charge in [0.15, 0.2) is 0 Å². The fourth-order valence-corrected chi connectivity index (χ4v) is 4.23. The molecule has 2 aromatic heterocycles. The molecule has 4 heteroatoms. The van der Waals surface area contributed by atoms with Crippen LogP contribution in [0.3, 0.4) is 0 Å². The predicted octanol–water partition coefficient (Wildman–Crippen LogP) is 3.32. The molecular formula is C12H13NOS2. The van der Waals surface area contributed by atoms with Crippen molar-refractivity contribution < 1.29 is 5.21 Å². The van der Waals surface area contributed by atoms with Crippen molar-refractivity contribution in [3.8, 4) is 0 Å². The summed E-state index contributed by atoms with van der Waals surface area (Å²) in [7, 11) is 0. The Morgan fingerprint density at radius 1 is 1.31 bits per heavy atom. The van der Waals surface area contributed by atoms with Crippen LogP contribution in [-0.2, 0) is 12.0 Å². The molecule has 0 bridgehead atoms. The van der Waals surface area contributed by atoms with E-state index in [1.165, 1.54) is 20.4 Å². The van der Waals surface area contributed by atoms with Crippen LogP contribution in [0.2, 0.25) is 0 Å². The van der Waals surface area contributed by atoms with Gasteiger partial charge in [0.25, 0.3) is 0 Å². The van der Waals surface area contributed by atoms with Crippen molar-refractivity contribution in [2.24, 2.45) is 0 Å². The lowest BCUT2D eigenvalue weighted by Crippen LogP contribution is -2.46. The summed E-state index contributed by atoms with van der Waals surface area (Å²) in [4.78, 5) is 2.61. The van der Waals surface area contributed by atoms with Crippen molar-refractivity contribution in [1.82, 2.24) is 5.06 Å². The molecular weight excluding hydrogens is 238 g/mol. The third kappa shape index (κ3) is 1.31. The second-order valence-electron chi connectivity index (χ2n) is 4.18. The summed E-state index contributed by atoms with van der Waals surface area (Å²) in [6, 6.07) is 6.28. The molecule has 2 aromatic rings. The van der Waals surface area contributed by atoms with Crippen molar-refractivity contribution in [3.05, 3.63) is 44.3 Å². The topological polar surface area (TPSA) is 23.5 Å². The molecule has 84 valence electrons. The monoisotopic (exact) mass is 251 g/mol. The first-order valence-corrected chi connectivity index (χ1v) is 7.06. The fraction of sp³-hybridized carbons (Fsp3) is 0.333. The minimum Gasteiger partial charge on any atom is -0.313 e. The maximum atomic E-state index is 10.2. The summed E-state index contributed by atoms with van der Waals surface area (Å²) in [5.41, 5.74) is 0.899. The fourth-order valence-electron chi connectivity index (χ4n) is 2.35. The zero-order chi connectivity index (χ0) is 11.2. The molecule has 0 saturated heterocycles. The van der Waals surface area contributed by atoms with Crippen LogP contribution in [0.5, 0.6) is 0 Å². The number of hydroxylamine groups is 2. The predicted molar refractivity (Wildman–Crippen MR) is 67.3 cm³/mol. The molecule has 16 heavy (non-hydrogen) atoms. The Bertz CT molecular complexity index is 491. The average molecular weight is 251 g/mol. The zero-order valence-electron chi connectivity index (χ0n) is 9.01.